The van der Waals surface area contributed by atoms with E-state index in [0.29, 0.717) is 35.7 Å². The molecule has 0 bridgehead atoms. The van der Waals surface area contributed by atoms with E-state index in [1.807, 2.05) is 35.2 Å². The molecule has 7 nitrogen and oxygen atoms in total. The van der Waals surface area contributed by atoms with Crippen LogP contribution in [-0.4, -0.2) is 60.8 Å². The zero-order valence-electron chi connectivity index (χ0n) is 19.0. The number of methoxy groups -OCH3 is 1. The Bertz CT molecular complexity index is 1240. The summed E-state index contributed by atoms with van der Waals surface area (Å²) in [5, 5.41) is 0. The standard InChI is InChI=1S/C27H25N3O4/c1-32-24-10-7-22(17-21(24)6-8-23-4-2-3-11-28-23)27(31)30-14-12-29(13-15-30)18-20-5-9-25-26(16-20)34-19-33-25/h2-5,7,9-11,16-17H,12-15,18-19H2,1H3. The van der Waals surface area contributed by atoms with E-state index in [1.165, 1.54) is 5.56 Å². The summed E-state index contributed by atoms with van der Waals surface area (Å²) in [5.74, 6) is 8.36. The lowest BCUT2D eigenvalue weighted by atomic mass is 10.1. The summed E-state index contributed by atoms with van der Waals surface area (Å²) >= 11 is 0. The van der Waals surface area contributed by atoms with Crippen LogP contribution in [0.15, 0.2) is 60.8 Å². The number of hydrogen-bond acceptors (Lipinski definition) is 6. The number of amides is 1. The van der Waals surface area contributed by atoms with Gasteiger partial charge < -0.3 is 19.1 Å². The van der Waals surface area contributed by atoms with E-state index in [2.05, 4.69) is 27.8 Å². The number of benzene rings is 2. The Morgan fingerprint density at radius 2 is 1.85 bits per heavy atom. The molecule has 2 aromatic carbocycles. The first-order chi connectivity index (χ1) is 16.7. The fraction of sp³-hybridized carbons (Fsp3) is 0.259. The van der Waals surface area contributed by atoms with Crippen LogP contribution in [0, 0.1) is 11.8 Å². The normalized spacial score (nSPS) is 14.9. The summed E-state index contributed by atoms with van der Waals surface area (Å²) in [4.78, 5) is 21.7. The molecule has 0 saturated carbocycles. The van der Waals surface area contributed by atoms with Crippen molar-refractivity contribution in [3.05, 3.63) is 83.2 Å². The van der Waals surface area contributed by atoms with Gasteiger partial charge in [-0.15, -0.1) is 0 Å². The summed E-state index contributed by atoms with van der Waals surface area (Å²) in [6.45, 7) is 4.05. The molecular weight excluding hydrogens is 430 g/mol. The number of carbonyl (C=O) groups is 1. The molecule has 0 N–H and O–H groups in total. The van der Waals surface area contributed by atoms with Gasteiger partial charge in [-0.25, -0.2) is 4.98 Å². The number of rotatable bonds is 4. The molecule has 2 aliphatic heterocycles. The molecule has 1 amide bonds. The molecule has 5 rings (SSSR count). The van der Waals surface area contributed by atoms with Crippen LogP contribution in [0.5, 0.6) is 17.2 Å². The molecule has 3 heterocycles. The highest BCUT2D eigenvalue weighted by molar-refractivity contribution is 5.95. The predicted octanol–water partition coefficient (Wildman–Crippen LogP) is 3.18. The van der Waals surface area contributed by atoms with Gasteiger partial charge in [0, 0.05) is 44.5 Å². The van der Waals surface area contributed by atoms with Gasteiger partial charge in [-0.3, -0.25) is 9.69 Å². The third-order valence-corrected chi connectivity index (χ3v) is 5.94. The minimum atomic E-state index is 0.00580. The van der Waals surface area contributed by atoms with Crippen molar-refractivity contribution < 1.29 is 19.0 Å². The maximum absolute atomic E-state index is 13.2. The Morgan fingerprint density at radius 1 is 1.00 bits per heavy atom. The fourth-order valence-corrected chi connectivity index (χ4v) is 4.10. The van der Waals surface area contributed by atoms with Gasteiger partial charge in [0.2, 0.25) is 6.79 Å². The van der Waals surface area contributed by atoms with Gasteiger partial charge in [0.1, 0.15) is 11.4 Å². The maximum Gasteiger partial charge on any atom is 0.253 e. The number of aromatic nitrogens is 1. The van der Waals surface area contributed by atoms with Gasteiger partial charge in [-0.05, 0) is 53.9 Å². The second kappa shape index (κ2) is 9.86. The molecule has 1 aromatic heterocycles. The zero-order valence-corrected chi connectivity index (χ0v) is 19.0. The van der Waals surface area contributed by atoms with E-state index in [4.69, 9.17) is 14.2 Å². The van der Waals surface area contributed by atoms with Crippen molar-refractivity contribution in [2.24, 2.45) is 0 Å². The highest BCUT2D eigenvalue weighted by Gasteiger charge is 2.23. The number of piperazine rings is 1. The first-order valence-corrected chi connectivity index (χ1v) is 11.2. The van der Waals surface area contributed by atoms with Crippen LogP contribution in [0.1, 0.15) is 27.2 Å². The van der Waals surface area contributed by atoms with Gasteiger partial charge in [-0.2, -0.15) is 0 Å². The van der Waals surface area contributed by atoms with Crippen LogP contribution in [0.25, 0.3) is 0 Å². The smallest absolute Gasteiger partial charge is 0.253 e. The van der Waals surface area contributed by atoms with Crippen molar-refractivity contribution in [1.82, 2.24) is 14.8 Å². The summed E-state index contributed by atoms with van der Waals surface area (Å²) in [6.07, 6.45) is 1.70. The Balaban J connectivity index is 1.23. The van der Waals surface area contributed by atoms with Crippen LogP contribution in [0.3, 0.4) is 0 Å². The number of nitrogens with zero attached hydrogens (tertiary/aromatic N) is 3. The molecule has 1 saturated heterocycles. The first kappa shape index (κ1) is 21.8. The Labute approximate surface area is 198 Å². The van der Waals surface area contributed by atoms with Crippen molar-refractivity contribution in [2.45, 2.75) is 6.54 Å². The van der Waals surface area contributed by atoms with Crippen molar-refractivity contribution in [3.8, 4) is 29.1 Å². The molecule has 3 aromatic rings. The predicted molar refractivity (Wildman–Crippen MR) is 127 cm³/mol. The number of ether oxygens (including phenoxy) is 3. The fourth-order valence-electron chi connectivity index (χ4n) is 4.10. The lowest BCUT2D eigenvalue weighted by Gasteiger charge is -2.34. The molecule has 172 valence electrons. The highest BCUT2D eigenvalue weighted by atomic mass is 16.7. The summed E-state index contributed by atoms with van der Waals surface area (Å²) in [7, 11) is 1.60. The maximum atomic E-state index is 13.2. The molecule has 0 atom stereocenters. The third-order valence-electron chi connectivity index (χ3n) is 5.94. The van der Waals surface area contributed by atoms with E-state index in [1.54, 1.807) is 31.5 Å². The van der Waals surface area contributed by atoms with Crippen molar-refractivity contribution in [1.29, 1.82) is 0 Å². The van der Waals surface area contributed by atoms with Crippen molar-refractivity contribution in [2.75, 3.05) is 40.1 Å². The van der Waals surface area contributed by atoms with Crippen molar-refractivity contribution >= 4 is 5.91 Å². The Morgan fingerprint density at radius 3 is 2.65 bits per heavy atom. The second-order valence-electron chi connectivity index (χ2n) is 8.14. The zero-order chi connectivity index (χ0) is 23.3. The average Bonchev–Trinajstić information content (AvgIpc) is 3.36. The van der Waals surface area contributed by atoms with Gasteiger partial charge in [0.05, 0.1) is 12.7 Å². The van der Waals surface area contributed by atoms with Crippen LogP contribution in [0.4, 0.5) is 0 Å². The van der Waals surface area contributed by atoms with E-state index < -0.39 is 0 Å². The van der Waals surface area contributed by atoms with Gasteiger partial charge in [-0.1, -0.05) is 18.1 Å². The summed E-state index contributed by atoms with van der Waals surface area (Å²) in [5.41, 5.74) is 3.12. The number of pyridine rings is 1. The van der Waals surface area contributed by atoms with Crippen LogP contribution < -0.4 is 14.2 Å². The summed E-state index contributed by atoms with van der Waals surface area (Å²) < 4.78 is 16.3. The molecule has 34 heavy (non-hydrogen) atoms. The molecule has 0 radical (unpaired) electrons. The lowest BCUT2D eigenvalue weighted by Crippen LogP contribution is -2.48. The molecule has 0 aliphatic carbocycles. The first-order valence-electron chi connectivity index (χ1n) is 11.2. The van der Waals surface area contributed by atoms with Crippen LogP contribution in [-0.2, 0) is 6.54 Å². The molecule has 0 unspecified atom stereocenters. The number of hydrogen-bond donors (Lipinski definition) is 0. The van der Waals surface area contributed by atoms with E-state index >= 15 is 0 Å². The quantitative estimate of drug-likeness (QED) is 0.563. The molecule has 1 fully saturated rings. The van der Waals surface area contributed by atoms with Gasteiger partial charge in [0.15, 0.2) is 11.5 Å². The van der Waals surface area contributed by atoms with Crippen LogP contribution >= 0.6 is 0 Å². The molecule has 2 aliphatic rings. The SMILES string of the molecule is COc1ccc(C(=O)N2CCN(Cc3ccc4c(c3)OCO4)CC2)cc1C#Cc1ccccn1. The minimum absolute atomic E-state index is 0.00580. The largest absolute Gasteiger partial charge is 0.495 e. The van der Waals surface area contributed by atoms with E-state index in [9.17, 15) is 4.79 Å². The summed E-state index contributed by atoms with van der Waals surface area (Å²) in [6, 6.07) is 17.0. The van der Waals surface area contributed by atoms with Crippen molar-refractivity contribution in [3.63, 3.8) is 0 Å². The van der Waals surface area contributed by atoms with E-state index in [-0.39, 0.29) is 12.7 Å². The average molecular weight is 456 g/mol. The third kappa shape index (κ3) is 4.82. The monoisotopic (exact) mass is 455 g/mol. The Kier molecular flexibility index (Phi) is 6.32. The Hall–Kier alpha value is -4.02. The number of fused-ring (bicyclic) bond motifs is 1. The highest BCUT2D eigenvalue weighted by Crippen LogP contribution is 2.33. The van der Waals surface area contributed by atoms with Crippen LogP contribution in [0.2, 0.25) is 0 Å². The number of carbonyl (C=O) groups excluding carboxylic acids is 1. The second-order valence-corrected chi connectivity index (χ2v) is 8.14. The van der Waals surface area contributed by atoms with Gasteiger partial charge in [0.25, 0.3) is 5.91 Å². The molecular formula is C27H25N3O4. The molecule has 0 spiro atoms. The van der Waals surface area contributed by atoms with Gasteiger partial charge >= 0.3 is 0 Å². The molecule has 7 heteroatoms. The van der Waals surface area contributed by atoms with E-state index in [0.717, 1.165) is 31.1 Å². The topological polar surface area (TPSA) is 64.1 Å². The lowest BCUT2D eigenvalue weighted by molar-refractivity contribution is 0.0628. The minimum Gasteiger partial charge on any atom is -0.495 e.